The first-order valence-corrected chi connectivity index (χ1v) is 7.17. The van der Waals surface area contributed by atoms with Crippen molar-refractivity contribution in [2.75, 3.05) is 11.1 Å². The average Bonchev–Trinajstić information content (AvgIpc) is 2.51. The lowest BCUT2D eigenvalue weighted by Gasteiger charge is -2.14. The van der Waals surface area contributed by atoms with Crippen molar-refractivity contribution in [2.45, 2.75) is 13.0 Å². The van der Waals surface area contributed by atoms with Crippen LogP contribution in [0.5, 0.6) is 0 Å². The largest absolute Gasteiger partial charge is 0.448 e. The number of nitrogen functional groups attached to an aromatic ring is 1. The van der Waals surface area contributed by atoms with Crippen molar-refractivity contribution < 1.29 is 14.3 Å². The fraction of sp³-hybridized carbons (Fsp3) is 0.143. The molecule has 23 heavy (non-hydrogen) atoms. The molecular weight excluding hydrogens is 343 g/mol. The molecule has 7 nitrogen and oxygen atoms in total. The molecule has 1 heterocycles. The standard InChI is InChI=1S/C14H12Cl2N4O3/c1-7(23-14(22)11-12(17)19-5-4-18-11)13(21)20-10-6-8(15)2-3-9(10)16/h2-7H,1H3,(H2,17,19)(H,20,21). The Labute approximate surface area is 141 Å². The molecule has 0 radical (unpaired) electrons. The van der Waals surface area contributed by atoms with Crippen LogP contribution in [-0.4, -0.2) is 27.9 Å². The molecule has 0 fully saturated rings. The summed E-state index contributed by atoms with van der Waals surface area (Å²) in [5.41, 5.74) is 5.68. The summed E-state index contributed by atoms with van der Waals surface area (Å²) < 4.78 is 5.01. The van der Waals surface area contributed by atoms with Crippen molar-refractivity contribution in [2.24, 2.45) is 0 Å². The number of anilines is 2. The van der Waals surface area contributed by atoms with E-state index in [1.807, 2.05) is 0 Å². The second-order valence-corrected chi connectivity index (χ2v) is 5.29. The lowest BCUT2D eigenvalue weighted by Crippen LogP contribution is -2.30. The average molecular weight is 355 g/mol. The number of esters is 1. The van der Waals surface area contributed by atoms with Crippen molar-refractivity contribution in [1.29, 1.82) is 0 Å². The minimum Gasteiger partial charge on any atom is -0.448 e. The molecule has 0 aliphatic heterocycles. The maximum Gasteiger partial charge on any atom is 0.361 e. The second kappa shape index (κ2) is 7.26. The molecule has 1 aromatic carbocycles. The highest BCUT2D eigenvalue weighted by atomic mass is 35.5. The lowest BCUT2D eigenvalue weighted by molar-refractivity contribution is -0.123. The minimum atomic E-state index is -1.10. The highest BCUT2D eigenvalue weighted by Crippen LogP contribution is 2.25. The number of ether oxygens (including phenoxy) is 1. The van der Waals surface area contributed by atoms with Gasteiger partial charge in [0.15, 0.2) is 17.6 Å². The Morgan fingerprint density at radius 3 is 2.65 bits per heavy atom. The smallest absolute Gasteiger partial charge is 0.361 e. The van der Waals surface area contributed by atoms with Crippen LogP contribution in [0.15, 0.2) is 30.6 Å². The van der Waals surface area contributed by atoms with E-state index < -0.39 is 18.0 Å². The molecule has 2 aromatic rings. The van der Waals surface area contributed by atoms with E-state index in [1.54, 1.807) is 6.07 Å². The first-order chi connectivity index (χ1) is 10.9. The molecule has 0 aliphatic carbocycles. The molecule has 2 rings (SSSR count). The van der Waals surface area contributed by atoms with Gasteiger partial charge >= 0.3 is 5.97 Å². The molecule has 0 aliphatic rings. The van der Waals surface area contributed by atoms with Crippen molar-refractivity contribution in [3.63, 3.8) is 0 Å². The van der Waals surface area contributed by atoms with Crippen LogP contribution < -0.4 is 11.1 Å². The van der Waals surface area contributed by atoms with Gasteiger partial charge in [0.1, 0.15) is 0 Å². The van der Waals surface area contributed by atoms with E-state index in [2.05, 4.69) is 15.3 Å². The molecule has 9 heteroatoms. The van der Waals surface area contributed by atoms with Gasteiger partial charge in [-0.25, -0.2) is 14.8 Å². The number of benzene rings is 1. The number of hydrogen-bond acceptors (Lipinski definition) is 6. The minimum absolute atomic E-state index is 0.0806. The topological polar surface area (TPSA) is 107 Å². The molecular formula is C14H12Cl2N4O3. The van der Waals surface area contributed by atoms with E-state index in [9.17, 15) is 9.59 Å². The molecule has 120 valence electrons. The van der Waals surface area contributed by atoms with Crippen LogP contribution in [0.2, 0.25) is 10.0 Å². The molecule has 3 N–H and O–H groups in total. The number of rotatable bonds is 4. The van der Waals surface area contributed by atoms with E-state index in [1.165, 1.54) is 31.5 Å². The summed E-state index contributed by atoms with van der Waals surface area (Å²) in [6.07, 6.45) is 1.53. The van der Waals surface area contributed by atoms with Crippen LogP contribution in [0.25, 0.3) is 0 Å². The maximum atomic E-state index is 12.1. The predicted molar refractivity (Wildman–Crippen MR) is 86.4 cm³/mol. The summed E-state index contributed by atoms with van der Waals surface area (Å²) in [7, 11) is 0. The van der Waals surface area contributed by atoms with Crippen LogP contribution in [0.1, 0.15) is 17.4 Å². The van der Waals surface area contributed by atoms with Crippen LogP contribution in [-0.2, 0) is 9.53 Å². The van der Waals surface area contributed by atoms with E-state index in [0.29, 0.717) is 15.7 Å². The van der Waals surface area contributed by atoms with Gasteiger partial charge in [-0.15, -0.1) is 0 Å². The van der Waals surface area contributed by atoms with Crippen molar-refractivity contribution >= 4 is 46.6 Å². The Balaban J connectivity index is 2.04. The molecule has 0 saturated heterocycles. The molecule has 1 atom stereocenters. The van der Waals surface area contributed by atoms with Crippen LogP contribution >= 0.6 is 23.2 Å². The maximum absolute atomic E-state index is 12.1. The summed E-state index contributed by atoms with van der Waals surface area (Å²) in [5, 5.41) is 3.23. The summed E-state index contributed by atoms with van der Waals surface area (Å²) >= 11 is 11.8. The number of carbonyl (C=O) groups excluding carboxylic acids is 2. The van der Waals surface area contributed by atoms with E-state index in [0.717, 1.165) is 0 Å². The molecule has 1 amide bonds. The Morgan fingerprint density at radius 1 is 1.26 bits per heavy atom. The van der Waals surface area contributed by atoms with Gasteiger partial charge in [0.25, 0.3) is 5.91 Å². The van der Waals surface area contributed by atoms with Gasteiger partial charge in [-0.2, -0.15) is 0 Å². The number of nitrogens with zero attached hydrogens (tertiary/aromatic N) is 2. The van der Waals surface area contributed by atoms with Crippen molar-refractivity contribution in [3.8, 4) is 0 Å². The van der Waals surface area contributed by atoms with E-state index in [-0.39, 0.29) is 11.5 Å². The summed E-state index contributed by atoms with van der Waals surface area (Å²) in [6.45, 7) is 1.40. The Kier molecular flexibility index (Phi) is 5.36. The second-order valence-electron chi connectivity index (χ2n) is 4.45. The van der Waals surface area contributed by atoms with Gasteiger partial charge < -0.3 is 15.8 Å². The number of nitrogens with two attached hydrogens (primary N) is 1. The zero-order chi connectivity index (χ0) is 17.0. The van der Waals surface area contributed by atoms with Gasteiger partial charge in [0.2, 0.25) is 0 Å². The fourth-order valence-electron chi connectivity index (χ4n) is 1.60. The monoisotopic (exact) mass is 354 g/mol. The van der Waals surface area contributed by atoms with Gasteiger partial charge in [0.05, 0.1) is 10.7 Å². The van der Waals surface area contributed by atoms with E-state index >= 15 is 0 Å². The first kappa shape index (κ1) is 17.0. The zero-order valence-electron chi connectivity index (χ0n) is 11.9. The molecule has 0 saturated carbocycles. The third-order valence-electron chi connectivity index (χ3n) is 2.76. The Morgan fingerprint density at radius 2 is 1.96 bits per heavy atom. The number of amides is 1. The molecule has 1 unspecified atom stereocenters. The third kappa shape index (κ3) is 4.30. The van der Waals surface area contributed by atoms with Crippen LogP contribution in [0.4, 0.5) is 11.5 Å². The number of carbonyl (C=O) groups is 2. The quantitative estimate of drug-likeness (QED) is 0.817. The highest BCUT2D eigenvalue weighted by molar-refractivity contribution is 6.35. The van der Waals surface area contributed by atoms with Gasteiger partial charge in [-0.1, -0.05) is 23.2 Å². The molecule has 0 bridgehead atoms. The number of aromatic nitrogens is 2. The molecule has 1 aromatic heterocycles. The first-order valence-electron chi connectivity index (χ1n) is 6.42. The van der Waals surface area contributed by atoms with Gasteiger partial charge in [0, 0.05) is 17.4 Å². The summed E-state index contributed by atoms with van der Waals surface area (Å²) in [5.74, 6) is -1.51. The third-order valence-corrected chi connectivity index (χ3v) is 3.32. The van der Waals surface area contributed by atoms with Crippen LogP contribution in [0, 0.1) is 0 Å². The Bertz CT molecular complexity index is 755. The number of hydrogen-bond donors (Lipinski definition) is 2. The SMILES string of the molecule is CC(OC(=O)c1nccnc1N)C(=O)Nc1cc(Cl)ccc1Cl. The normalized spacial score (nSPS) is 11.6. The Hall–Kier alpha value is -2.38. The fourth-order valence-corrected chi connectivity index (χ4v) is 1.94. The van der Waals surface area contributed by atoms with Crippen molar-refractivity contribution in [1.82, 2.24) is 9.97 Å². The van der Waals surface area contributed by atoms with Gasteiger partial charge in [-0.3, -0.25) is 4.79 Å². The predicted octanol–water partition coefficient (Wildman–Crippen LogP) is 2.55. The highest BCUT2D eigenvalue weighted by Gasteiger charge is 2.22. The summed E-state index contributed by atoms with van der Waals surface area (Å²) in [4.78, 5) is 31.5. The van der Waals surface area contributed by atoms with Gasteiger partial charge in [-0.05, 0) is 25.1 Å². The molecule has 0 spiro atoms. The van der Waals surface area contributed by atoms with Crippen LogP contribution in [0.3, 0.4) is 0 Å². The van der Waals surface area contributed by atoms with E-state index in [4.69, 9.17) is 33.7 Å². The van der Waals surface area contributed by atoms with Crippen molar-refractivity contribution in [3.05, 3.63) is 46.3 Å². The lowest BCUT2D eigenvalue weighted by atomic mass is 10.3. The number of halogens is 2. The summed E-state index contributed by atoms with van der Waals surface area (Å²) in [6, 6.07) is 4.60. The zero-order valence-corrected chi connectivity index (χ0v) is 13.4. The number of nitrogens with one attached hydrogen (secondary N) is 1.